The minimum absolute atomic E-state index is 0.127. The number of benzene rings is 3. The van der Waals surface area contributed by atoms with Crippen molar-refractivity contribution in [2.75, 3.05) is 12.4 Å². The molecule has 3 rings (SSSR count). The van der Waals surface area contributed by atoms with Crippen LogP contribution in [0.5, 0.6) is 11.5 Å². The van der Waals surface area contributed by atoms with Crippen molar-refractivity contribution >= 4 is 76.1 Å². The van der Waals surface area contributed by atoms with Gasteiger partial charge in [0.2, 0.25) is 0 Å². The Hall–Kier alpha value is -3.30. The number of carbonyl (C=O) groups excluding carboxylic acids is 3. The van der Waals surface area contributed by atoms with Gasteiger partial charge in [0, 0.05) is 10.0 Å². The first-order valence-corrected chi connectivity index (χ1v) is 11.1. The number of esters is 1. The fraction of sp³-hybridized carbons (Fsp3) is 0.0435. The highest BCUT2D eigenvalue weighted by Crippen LogP contribution is 2.30. The number of rotatable bonds is 6. The number of hydrazone groups is 1. The summed E-state index contributed by atoms with van der Waals surface area (Å²) in [7, 11) is 1.38. The first kappa shape index (κ1) is 26.3. The summed E-state index contributed by atoms with van der Waals surface area (Å²) < 4.78 is 10.6. The number of methoxy groups -OCH3 is 1. The number of hydrogen-bond acceptors (Lipinski definition) is 6. The van der Waals surface area contributed by atoms with Crippen molar-refractivity contribution in [3.63, 3.8) is 0 Å². The van der Waals surface area contributed by atoms with Gasteiger partial charge >= 0.3 is 17.8 Å². The van der Waals surface area contributed by atoms with Crippen molar-refractivity contribution < 1.29 is 23.9 Å². The molecule has 0 saturated carbocycles. The number of hydrogen-bond donors (Lipinski definition) is 2. The van der Waals surface area contributed by atoms with Crippen LogP contribution in [0.15, 0.2) is 59.7 Å². The molecule has 0 radical (unpaired) electrons. The number of nitrogens with one attached hydrogen (secondary N) is 2. The molecule has 2 N–H and O–H groups in total. The van der Waals surface area contributed by atoms with E-state index in [1.54, 1.807) is 6.07 Å². The summed E-state index contributed by atoms with van der Waals surface area (Å²) in [6, 6.07) is 13.3. The Morgan fingerprint density at radius 3 is 2.26 bits per heavy atom. The van der Waals surface area contributed by atoms with E-state index >= 15 is 0 Å². The third kappa shape index (κ3) is 7.10. The zero-order valence-electron chi connectivity index (χ0n) is 17.8. The van der Waals surface area contributed by atoms with Gasteiger partial charge in [-0.2, -0.15) is 5.10 Å². The summed E-state index contributed by atoms with van der Waals surface area (Å²) in [5.41, 5.74) is 2.88. The highest BCUT2D eigenvalue weighted by atomic mass is 35.5. The van der Waals surface area contributed by atoms with Gasteiger partial charge < -0.3 is 14.8 Å². The second-order valence-corrected chi connectivity index (χ2v) is 8.39. The van der Waals surface area contributed by atoms with E-state index in [0.717, 1.165) is 0 Å². The molecule has 0 aliphatic heterocycles. The molecule has 0 heterocycles. The molecule has 3 aromatic rings. The first-order chi connectivity index (χ1) is 16.7. The molecule has 0 saturated heterocycles. The van der Waals surface area contributed by atoms with Gasteiger partial charge in [-0.1, -0.05) is 46.4 Å². The van der Waals surface area contributed by atoms with Crippen molar-refractivity contribution in [1.82, 2.24) is 5.43 Å². The smallest absolute Gasteiger partial charge is 0.345 e. The fourth-order valence-corrected chi connectivity index (χ4v) is 3.47. The summed E-state index contributed by atoms with van der Waals surface area (Å²) >= 11 is 23.7. The summed E-state index contributed by atoms with van der Waals surface area (Å²) in [6.45, 7) is 0. The number of nitrogens with zero attached hydrogens (tertiary/aromatic N) is 1. The zero-order chi connectivity index (χ0) is 25.5. The van der Waals surface area contributed by atoms with Crippen molar-refractivity contribution in [1.29, 1.82) is 0 Å². The van der Waals surface area contributed by atoms with Crippen molar-refractivity contribution in [2.45, 2.75) is 0 Å². The molecule has 0 atom stereocenters. The van der Waals surface area contributed by atoms with Gasteiger partial charge in [-0.15, -0.1) is 0 Å². The van der Waals surface area contributed by atoms with Gasteiger partial charge in [0.1, 0.15) is 0 Å². The Morgan fingerprint density at radius 2 is 1.54 bits per heavy atom. The van der Waals surface area contributed by atoms with Crippen LogP contribution in [0, 0.1) is 0 Å². The highest BCUT2D eigenvalue weighted by molar-refractivity contribution is 6.42. The molecule has 0 spiro atoms. The molecule has 35 heavy (non-hydrogen) atoms. The van der Waals surface area contributed by atoms with E-state index < -0.39 is 17.8 Å². The van der Waals surface area contributed by atoms with Crippen LogP contribution in [-0.4, -0.2) is 31.1 Å². The minimum Gasteiger partial charge on any atom is -0.493 e. The molecule has 0 unspecified atom stereocenters. The summed E-state index contributed by atoms with van der Waals surface area (Å²) in [6.07, 6.45) is 1.27. The van der Waals surface area contributed by atoms with E-state index in [1.165, 1.54) is 61.9 Å². The molecular formula is C23H15Cl4N3O5. The maximum atomic E-state index is 12.4. The van der Waals surface area contributed by atoms with Gasteiger partial charge in [0.05, 0.1) is 34.6 Å². The standard InChI is InChI=1S/C23H15Cl4N3O5/c1-34-20-8-12(2-7-19(20)35-23(33)15-5-3-13(24)9-17(15)27)11-28-30-22(32)21(31)29-18-10-14(25)4-6-16(18)26/h2-11H,1H3,(H,29,31)(H,30,32)/b28-11+. The molecule has 0 aliphatic carbocycles. The highest BCUT2D eigenvalue weighted by Gasteiger charge is 2.17. The number of carbonyl (C=O) groups is 3. The lowest BCUT2D eigenvalue weighted by Crippen LogP contribution is -2.32. The second-order valence-electron chi connectivity index (χ2n) is 6.70. The molecule has 3 aromatic carbocycles. The zero-order valence-corrected chi connectivity index (χ0v) is 20.8. The first-order valence-electron chi connectivity index (χ1n) is 9.62. The van der Waals surface area contributed by atoms with Crippen LogP contribution in [0.25, 0.3) is 0 Å². The molecule has 0 aromatic heterocycles. The van der Waals surface area contributed by atoms with E-state index in [1.807, 2.05) is 0 Å². The Labute approximate surface area is 219 Å². The third-order valence-electron chi connectivity index (χ3n) is 4.30. The van der Waals surface area contributed by atoms with Crippen LogP contribution in [0.4, 0.5) is 5.69 Å². The Balaban J connectivity index is 1.63. The maximum Gasteiger partial charge on any atom is 0.345 e. The summed E-state index contributed by atoms with van der Waals surface area (Å²) in [5, 5.41) is 7.15. The molecule has 0 aliphatic rings. The van der Waals surface area contributed by atoms with Crippen LogP contribution in [0.1, 0.15) is 15.9 Å². The van der Waals surface area contributed by atoms with Crippen molar-refractivity contribution in [3.05, 3.63) is 85.8 Å². The van der Waals surface area contributed by atoms with Gasteiger partial charge in [-0.3, -0.25) is 9.59 Å². The van der Waals surface area contributed by atoms with Gasteiger partial charge in [-0.05, 0) is 60.2 Å². The normalized spacial score (nSPS) is 10.7. The van der Waals surface area contributed by atoms with Gasteiger partial charge in [0.15, 0.2) is 11.5 Å². The van der Waals surface area contributed by atoms with Gasteiger partial charge in [-0.25, -0.2) is 10.2 Å². The molecule has 12 heteroatoms. The molecular weight excluding hydrogens is 540 g/mol. The monoisotopic (exact) mass is 553 g/mol. The van der Waals surface area contributed by atoms with E-state index in [9.17, 15) is 14.4 Å². The molecule has 8 nitrogen and oxygen atoms in total. The predicted molar refractivity (Wildman–Crippen MR) is 135 cm³/mol. The molecule has 0 fully saturated rings. The summed E-state index contributed by atoms with van der Waals surface area (Å²) in [5.74, 6) is -2.39. The summed E-state index contributed by atoms with van der Waals surface area (Å²) in [4.78, 5) is 36.5. The van der Waals surface area contributed by atoms with E-state index in [2.05, 4.69) is 15.8 Å². The topological polar surface area (TPSA) is 106 Å². The number of ether oxygens (including phenoxy) is 2. The van der Waals surface area contributed by atoms with Crippen LogP contribution in [-0.2, 0) is 9.59 Å². The minimum atomic E-state index is -1.03. The van der Waals surface area contributed by atoms with Gasteiger partial charge in [0.25, 0.3) is 0 Å². The van der Waals surface area contributed by atoms with Crippen molar-refractivity contribution in [2.24, 2.45) is 5.10 Å². The lowest BCUT2D eigenvalue weighted by Gasteiger charge is -2.10. The largest absolute Gasteiger partial charge is 0.493 e. The molecule has 180 valence electrons. The van der Waals surface area contributed by atoms with Crippen LogP contribution in [0.2, 0.25) is 20.1 Å². The molecule has 2 amide bonds. The lowest BCUT2D eigenvalue weighted by atomic mass is 10.2. The predicted octanol–water partition coefficient (Wildman–Crippen LogP) is 5.62. The van der Waals surface area contributed by atoms with E-state index in [4.69, 9.17) is 55.9 Å². The lowest BCUT2D eigenvalue weighted by molar-refractivity contribution is -0.136. The van der Waals surface area contributed by atoms with Crippen LogP contribution >= 0.6 is 46.4 Å². The van der Waals surface area contributed by atoms with Crippen molar-refractivity contribution in [3.8, 4) is 11.5 Å². The quantitative estimate of drug-likeness (QED) is 0.135. The average Bonchev–Trinajstić information content (AvgIpc) is 2.82. The number of anilines is 1. The fourth-order valence-electron chi connectivity index (χ4n) is 2.65. The maximum absolute atomic E-state index is 12.4. The van der Waals surface area contributed by atoms with Crippen LogP contribution in [0.3, 0.4) is 0 Å². The SMILES string of the molecule is COc1cc(/C=N/NC(=O)C(=O)Nc2cc(Cl)ccc2Cl)ccc1OC(=O)c1ccc(Cl)cc1Cl. The van der Waals surface area contributed by atoms with E-state index in [-0.39, 0.29) is 32.8 Å². The number of amides is 2. The Kier molecular flexibility index (Phi) is 8.95. The Morgan fingerprint density at radius 1 is 0.829 bits per heavy atom. The third-order valence-corrected chi connectivity index (χ3v) is 5.42. The van der Waals surface area contributed by atoms with E-state index in [0.29, 0.717) is 15.6 Å². The number of halogens is 4. The average molecular weight is 555 g/mol. The molecule has 0 bridgehead atoms. The van der Waals surface area contributed by atoms with Crippen LogP contribution < -0.4 is 20.2 Å². The second kappa shape index (κ2) is 11.9. The Bertz CT molecular complexity index is 1330.